The van der Waals surface area contributed by atoms with E-state index in [0.717, 1.165) is 23.2 Å². The van der Waals surface area contributed by atoms with Gasteiger partial charge in [0.25, 0.3) is 5.91 Å². The summed E-state index contributed by atoms with van der Waals surface area (Å²) in [4.78, 5) is 21.5. The van der Waals surface area contributed by atoms with Gasteiger partial charge in [0.1, 0.15) is 17.4 Å². The summed E-state index contributed by atoms with van der Waals surface area (Å²) in [7, 11) is 0. The van der Waals surface area contributed by atoms with Crippen LogP contribution in [0.2, 0.25) is 0 Å². The van der Waals surface area contributed by atoms with E-state index in [0.29, 0.717) is 33.9 Å². The molecule has 0 saturated carbocycles. The molecule has 5 aromatic rings. The van der Waals surface area contributed by atoms with E-state index in [1.54, 1.807) is 30.5 Å². The number of fused-ring (bicyclic) bond motifs is 1. The molecule has 2 heterocycles. The van der Waals surface area contributed by atoms with Crippen molar-refractivity contribution in [2.75, 3.05) is 11.9 Å². The number of rotatable bonds is 9. The molecule has 5 rings (SSSR count). The molecule has 2 aromatic heterocycles. The quantitative estimate of drug-likeness (QED) is 0.229. The zero-order valence-corrected chi connectivity index (χ0v) is 21.0. The van der Waals surface area contributed by atoms with Crippen molar-refractivity contribution in [1.82, 2.24) is 25.5 Å². The first kappa shape index (κ1) is 24.9. The normalized spacial score (nSPS) is 11.8. The lowest BCUT2D eigenvalue weighted by atomic mass is 10.1. The molecule has 9 heteroatoms. The minimum Gasteiger partial charge on any atom is -0.484 e. The molecule has 0 radical (unpaired) electrons. The highest BCUT2D eigenvalue weighted by molar-refractivity contribution is 5.92. The molecule has 1 atom stereocenters. The van der Waals surface area contributed by atoms with Crippen molar-refractivity contribution in [2.45, 2.75) is 26.3 Å². The number of nitrogens with one attached hydrogen (secondary N) is 3. The van der Waals surface area contributed by atoms with Gasteiger partial charge in [-0.3, -0.25) is 9.89 Å². The molecule has 3 aromatic carbocycles. The van der Waals surface area contributed by atoms with E-state index in [9.17, 15) is 9.18 Å². The van der Waals surface area contributed by atoms with Gasteiger partial charge in [-0.25, -0.2) is 14.4 Å². The maximum atomic E-state index is 14.1. The molecule has 0 spiro atoms. The van der Waals surface area contributed by atoms with E-state index >= 15 is 0 Å². The molecule has 0 unspecified atom stereocenters. The summed E-state index contributed by atoms with van der Waals surface area (Å²) in [5.41, 5.74) is 3.97. The molecule has 0 aliphatic rings. The Morgan fingerprint density at radius 3 is 2.63 bits per heavy atom. The fourth-order valence-corrected chi connectivity index (χ4v) is 3.91. The third kappa shape index (κ3) is 5.78. The topological polar surface area (TPSA) is 105 Å². The first-order valence-electron chi connectivity index (χ1n) is 12.3. The zero-order valence-electron chi connectivity index (χ0n) is 21.0. The Kier molecular flexibility index (Phi) is 7.26. The van der Waals surface area contributed by atoms with Crippen LogP contribution in [-0.2, 0) is 4.79 Å². The summed E-state index contributed by atoms with van der Waals surface area (Å²) in [6.45, 7) is 3.85. The van der Waals surface area contributed by atoms with Crippen molar-refractivity contribution in [3.05, 3.63) is 84.9 Å². The third-order valence-corrected chi connectivity index (χ3v) is 6.12. The number of hydrogen-bond acceptors (Lipinski definition) is 6. The number of aromatic amines is 1. The van der Waals surface area contributed by atoms with Gasteiger partial charge < -0.3 is 15.4 Å². The molecule has 0 aliphatic heterocycles. The van der Waals surface area contributed by atoms with Gasteiger partial charge in [-0.2, -0.15) is 5.10 Å². The number of nitrogens with zero attached hydrogens (tertiary/aromatic N) is 3. The van der Waals surface area contributed by atoms with E-state index < -0.39 is 0 Å². The van der Waals surface area contributed by atoms with Crippen LogP contribution in [0, 0.1) is 5.82 Å². The molecule has 0 aliphatic carbocycles. The molecule has 0 bridgehead atoms. The van der Waals surface area contributed by atoms with Crippen LogP contribution in [0.25, 0.3) is 33.4 Å². The number of hydrogen-bond donors (Lipinski definition) is 3. The molecular weight excluding hydrogens is 483 g/mol. The molecule has 8 nitrogen and oxygen atoms in total. The summed E-state index contributed by atoms with van der Waals surface area (Å²) in [5.74, 6) is 0.874. The van der Waals surface area contributed by atoms with Gasteiger partial charge in [-0.15, -0.1) is 0 Å². The Bertz CT molecular complexity index is 1550. The van der Waals surface area contributed by atoms with Crippen molar-refractivity contribution < 1.29 is 13.9 Å². The molecule has 1 amide bonds. The maximum absolute atomic E-state index is 14.1. The Morgan fingerprint density at radius 2 is 1.87 bits per heavy atom. The van der Waals surface area contributed by atoms with E-state index in [1.165, 1.54) is 12.1 Å². The predicted octanol–water partition coefficient (Wildman–Crippen LogP) is 5.86. The van der Waals surface area contributed by atoms with Gasteiger partial charge in [0, 0.05) is 40.5 Å². The van der Waals surface area contributed by atoms with Crippen molar-refractivity contribution >= 4 is 28.3 Å². The average Bonchev–Trinajstić information content (AvgIpc) is 3.47. The predicted molar refractivity (Wildman–Crippen MR) is 146 cm³/mol. The second-order valence-corrected chi connectivity index (χ2v) is 8.94. The minimum atomic E-state index is -0.387. The second kappa shape index (κ2) is 11.1. The number of halogens is 1. The highest BCUT2D eigenvalue weighted by atomic mass is 19.1. The number of H-pyrrole nitrogens is 1. The van der Waals surface area contributed by atoms with Gasteiger partial charge >= 0.3 is 0 Å². The Labute approximate surface area is 219 Å². The fourth-order valence-electron chi connectivity index (χ4n) is 3.91. The van der Waals surface area contributed by atoms with Gasteiger partial charge in [-0.05, 0) is 55.3 Å². The number of amides is 1. The Morgan fingerprint density at radius 1 is 1.03 bits per heavy atom. The number of ether oxygens (including phenoxy) is 1. The van der Waals surface area contributed by atoms with Crippen LogP contribution < -0.4 is 15.4 Å². The largest absolute Gasteiger partial charge is 0.484 e. The van der Waals surface area contributed by atoms with E-state index in [1.807, 2.05) is 50.4 Å². The summed E-state index contributed by atoms with van der Waals surface area (Å²) in [6.07, 6.45) is 4.43. The summed E-state index contributed by atoms with van der Waals surface area (Å²) >= 11 is 0. The molecule has 0 saturated heterocycles. The van der Waals surface area contributed by atoms with Gasteiger partial charge in [0.05, 0.1) is 11.7 Å². The second-order valence-electron chi connectivity index (χ2n) is 8.94. The van der Waals surface area contributed by atoms with Crippen LogP contribution >= 0.6 is 0 Å². The van der Waals surface area contributed by atoms with E-state index in [2.05, 4.69) is 25.8 Å². The molecule has 192 valence electrons. The van der Waals surface area contributed by atoms with Gasteiger partial charge in [-0.1, -0.05) is 31.2 Å². The van der Waals surface area contributed by atoms with Gasteiger partial charge in [0.15, 0.2) is 12.4 Å². The maximum Gasteiger partial charge on any atom is 0.258 e. The first-order chi connectivity index (χ1) is 18.5. The highest BCUT2D eigenvalue weighted by Gasteiger charge is 2.13. The van der Waals surface area contributed by atoms with Crippen LogP contribution in [0.1, 0.15) is 20.3 Å². The minimum absolute atomic E-state index is 0.0802. The smallest absolute Gasteiger partial charge is 0.258 e. The summed E-state index contributed by atoms with van der Waals surface area (Å²) in [6, 6.07) is 19.5. The third-order valence-electron chi connectivity index (χ3n) is 6.12. The standard InChI is InChI=1S/C29H27FN6O2/c1-3-18(2)33-27(37)17-38-24-6-4-5-20(13-24)28-35-26-14-22(30)9-12-25(26)29(36-28)34-23-10-7-19(8-11-23)21-15-31-32-16-21/h4-16,18H,3,17H2,1-2H3,(H,31,32)(H,33,37)(H,34,35,36)/t18-/m1/s1. The van der Waals surface area contributed by atoms with Crippen LogP contribution in [-0.4, -0.2) is 38.7 Å². The molecule has 3 N–H and O–H groups in total. The van der Waals surface area contributed by atoms with Crippen LogP contribution in [0.15, 0.2) is 79.1 Å². The Hall–Kier alpha value is -4.79. The van der Waals surface area contributed by atoms with E-state index in [4.69, 9.17) is 9.72 Å². The summed E-state index contributed by atoms with van der Waals surface area (Å²) < 4.78 is 19.8. The van der Waals surface area contributed by atoms with Crippen molar-refractivity contribution in [1.29, 1.82) is 0 Å². The number of carbonyl (C=O) groups is 1. The van der Waals surface area contributed by atoms with Crippen LogP contribution in [0.5, 0.6) is 5.75 Å². The Balaban J connectivity index is 1.42. The van der Waals surface area contributed by atoms with Gasteiger partial charge in [0.2, 0.25) is 0 Å². The van der Waals surface area contributed by atoms with E-state index in [-0.39, 0.29) is 24.4 Å². The van der Waals surface area contributed by atoms with Crippen molar-refractivity contribution in [3.8, 4) is 28.3 Å². The van der Waals surface area contributed by atoms with Crippen LogP contribution in [0.4, 0.5) is 15.9 Å². The lowest BCUT2D eigenvalue weighted by Crippen LogP contribution is -2.35. The molecule has 38 heavy (non-hydrogen) atoms. The molecular formula is C29H27FN6O2. The average molecular weight is 511 g/mol. The number of anilines is 2. The zero-order chi connectivity index (χ0) is 26.5. The fraction of sp³-hybridized carbons (Fsp3) is 0.172. The first-order valence-corrected chi connectivity index (χ1v) is 12.3. The summed E-state index contributed by atoms with van der Waals surface area (Å²) in [5, 5.41) is 13.7. The number of benzene rings is 3. The number of carbonyl (C=O) groups excluding carboxylic acids is 1. The number of aromatic nitrogens is 4. The monoisotopic (exact) mass is 510 g/mol. The highest BCUT2D eigenvalue weighted by Crippen LogP contribution is 2.30. The lowest BCUT2D eigenvalue weighted by molar-refractivity contribution is -0.123. The van der Waals surface area contributed by atoms with Crippen molar-refractivity contribution in [3.63, 3.8) is 0 Å². The molecule has 0 fully saturated rings. The van der Waals surface area contributed by atoms with Crippen molar-refractivity contribution in [2.24, 2.45) is 0 Å². The lowest BCUT2D eigenvalue weighted by Gasteiger charge is -2.13. The van der Waals surface area contributed by atoms with Crippen LogP contribution in [0.3, 0.4) is 0 Å². The SMILES string of the molecule is CC[C@@H](C)NC(=O)COc1cccc(-c2nc(Nc3ccc(-c4cn[nH]c4)cc3)c3ccc(F)cc3n2)c1.